The van der Waals surface area contributed by atoms with Gasteiger partial charge in [0, 0.05) is 6.92 Å². The van der Waals surface area contributed by atoms with E-state index in [1.165, 1.54) is 14.0 Å². The van der Waals surface area contributed by atoms with Crippen LogP contribution in [0.1, 0.15) is 6.92 Å². The SMILES string of the molecule is COc1cccc(NC(C)=O)c1N.Cl. The van der Waals surface area contributed by atoms with Gasteiger partial charge in [0.25, 0.3) is 0 Å². The van der Waals surface area contributed by atoms with Gasteiger partial charge in [0.15, 0.2) is 0 Å². The molecule has 0 spiro atoms. The summed E-state index contributed by atoms with van der Waals surface area (Å²) in [5.41, 5.74) is 6.72. The normalized spacial score (nSPS) is 8.71. The monoisotopic (exact) mass is 216 g/mol. The van der Waals surface area contributed by atoms with E-state index in [9.17, 15) is 4.79 Å². The molecule has 3 N–H and O–H groups in total. The van der Waals surface area contributed by atoms with Crippen molar-refractivity contribution in [2.75, 3.05) is 18.2 Å². The van der Waals surface area contributed by atoms with E-state index in [0.717, 1.165) is 0 Å². The molecule has 0 aliphatic carbocycles. The number of nitrogens with one attached hydrogen (secondary N) is 1. The molecule has 0 heterocycles. The lowest BCUT2D eigenvalue weighted by molar-refractivity contribution is -0.114. The first-order chi connectivity index (χ1) is 6.15. The molecule has 0 aliphatic heterocycles. The number of methoxy groups -OCH3 is 1. The van der Waals surface area contributed by atoms with Crippen LogP contribution in [0.5, 0.6) is 5.75 Å². The lowest BCUT2D eigenvalue weighted by atomic mass is 10.2. The van der Waals surface area contributed by atoms with Gasteiger partial charge < -0.3 is 15.8 Å². The molecular weight excluding hydrogens is 204 g/mol. The summed E-state index contributed by atoms with van der Waals surface area (Å²) in [6, 6.07) is 5.22. The van der Waals surface area contributed by atoms with Gasteiger partial charge in [0.05, 0.1) is 18.5 Å². The van der Waals surface area contributed by atoms with Crippen molar-refractivity contribution in [1.29, 1.82) is 0 Å². The Balaban J connectivity index is 0.00000169. The van der Waals surface area contributed by atoms with Crippen molar-refractivity contribution in [2.45, 2.75) is 6.92 Å². The van der Waals surface area contributed by atoms with E-state index in [4.69, 9.17) is 10.5 Å². The van der Waals surface area contributed by atoms with Gasteiger partial charge in [-0.3, -0.25) is 4.79 Å². The number of anilines is 2. The topological polar surface area (TPSA) is 64.3 Å². The maximum Gasteiger partial charge on any atom is 0.221 e. The minimum Gasteiger partial charge on any atom is -0.495 e. The number of nitrogens with two attached hydrogens (primary N) is 1. The standard InChI is InChI=1S/C9H12N2O2.ClH/c1-6(12)11-7-4-3-5-8(13-2)9(7)10;/h3-5H,10H2,1-2H3,(H,11,12);1H. The molecular formula is C9H13ClN2O2. The molecule has 1 aromatic carbocycles. The molecule has 0 saturated carbocycles. The average molecular weight is 217 g/mol. The van der Waals surface area contributed by atoms with Crippen LogP contribution in [-0.4, -0.2) is 13.0 Å². The van der Waals surface area contributed by atoms with Crippen molar-refractivity contribution in [3.8, 4) is 5.75 Å². The van der Waals surface area contributed by atoms with Crippen molar-refractivity contribution < 1.29 is 9.53 Å². The number of halogens is 1. The molecule has 1 aromatic rings. The highest BCUT2D eigenvalue weighted by Crippen LogP contribution is 2.28. The van der Waals surface area contributed by atoms with Crippen LogP contribution in [0.15, 0.2) is 18.2 Å². The van der Waals surface area contributed by atoms with Crippen LogP contribution < -0.4 is 15.8 Å². The van der Waals surface area contributed by atoms with Crippen LogP contribution >= 0.6 is 12.4 Å². The van der Waals surface area contributed by atoms with Crippen molar-refractivity contribution in [3.05, 3.63) is 18.2 Å². The van der Waals surface area contributed by atoms with Crippen LogP contribution in [0.2, 0.25) is 0 Å². The number of hydrogen-bond acceptors (Lipinski definition) is 3. The van der Waals surface area contributed by atoms with Crippen molar-refractivity contribution in [1.82, 2.24) is 0 Å². The Morgan fingerprint density at radius 2 is 2.14 bits per heavy atom. The minimum absolute atomic E-state index is 0. The summed E-state index contributed by atoms with van der Waals surface area (Å²) in [6.07, 6.45) is 0. The first-order valence-electron chi connectivity index (χ1n) is 3.85. The highest BCUT2D eigenvalue weighted by molar-refractivity contribution is 5.93. The van der Waals surface area contributed by atoms with Crippen LogP contribution in [0.25, 0.3) is 0 Å². The van der Waals surface area contributed by atoms with E-state index < -0.39 is 0 Å². The fourth-order valence-corrected chi connectivity index (χ4v) is 1.02. The summed E-state index contributed by atoms with van der Waals surface area (Å²) in [6.45, 7) is 1.43. The highest BCUT2D eigenvalue weighted by Gasteiger charge is 2.05. The lowest BCUT2D eigenvalue weighted by Gasteiger charge is -2.09. The van der Waals surface area contributed by atoms with Crippen LogP contribution in [0.3, 0.4) is 0 Å². The van der Waals surface area contributed by atoms with Gasteiger partial charge in [-0.1, -0.05) is 6.07 Å². The molecule has 14 heavy (non-hydrogen) atoms. The van der Waals surface area contributed by atoms with Gasteiger partial charge in [-0.15, -0.1) is 12.4 Å². The first kappa shape index (κ1) is 12.6. The summed E-state index contributed by atoms with van der Waals surface area (Å²) >= 11 is 0. The molecule has 0 radical (unpaired) electrons. The van der Waals surface area contributed by atoms with Crippen LogP contribution in [-0.2, 0) is 4.79 Å². The Labute approximate surface area is 88.8 Å². The average Bonchev–Trinajstić information content (AvgIpc) is 2.08. The van der Waals surface area contributed by atoms with Gasteiger partial charge in [-0.2, -0.15) is 0 Å². The Bertz CT molecular complexity index is 329. The van der Waals surface area contributed by atoms with E-state index in [2.05, 4.69) is 5.32 Å². The fraction of sp³-hybridized carbons (Fsp3) is 0.222. The molecule has 0 aromatic heterocycles. The van der Waals surface area contributed by atoms with E-state index in [-0.39, 0.29) is 18.3 Å². The summed E-state index contributed by atoms with van der Waals surface area (Å²) < 4.78 is 4.99. The number of carbonyl (C=O) groups is 1. The molecule has 1 rings (SSSR count). The zero-order valence-corrected chi connectivity index (χ0v) is 8.85. The quantitative estimate of drug-likeness (QED) is 0.739. The van der Waals surface area contributed by atoms with Gasteiger partial charge in [0.1, 0.15) is 5.75 Å². The third-order valence-electron chi connectivity index (χ3n) is 1.60. The molecule has 0 saturated heterocycles. The number of benzene rings is 1. The summed E-state index contributed by atoms with van der Waals surface area (Å²) in [4.78, 5) is 10.8. The maximum absolute atomic E-state index is 10.8. The number of hydrogen-bond donors (Lipinski definition) is 2. The van der Waals surface area contributed by atoms with E-state index in [1.807, 2.05) is 0 Å². The van der Waals surface area contributed by atoms with E-state index >= 15 is 0 Å². The second-order valence-electron chi connectivity index (χ2n) is 2.60. The lowest BCUT2D eigenvalue weighted by Crippen LogP contribution is -2.08. The summed E-state index contributed by atoms with van der Waals surface area (Å²) in [5, 5.41) is 2.60. The molecule has 0 fully saturated rings. The zero-order valence-electron chi connectivity index (χ0n) is 8.03. The van der Waals surface area contributed by atoms with Gasteiger partial charge in [-0.25, -0.2) is 0 Å². The zero-order chi connectivity index (χ0) is 9.84. The smallest absolute Gasteiger partial charge is 0.221 e. The molecule has 0 atom stereocenters. The van der Waals surface area contributed by atoms with Crippen LogP contribution in [0.4, 0.5) is 11.4 Å². The molecule has 0 unspecified atom stereocenters. The summed E-state index contributed by atoms with van der Waals surface area (Å²) in [7, 11) is 1.53. The first-order valence-corrected chi connectivity index (χ1v) is 3.85. The molecule has 4 nitrogen and oxygen atoms in total. The fourth-order valence-electron chi connectivity index (χ4n) is 1.02. The van der Waals surface area contributed by atoms with Gasteiger partial charge >= 0.3 is 0 Å². The van der Waals surface area contributed by atoms with Crippen LogP contribution in [0, 0.1) is 0 Å². The number of amides is 1. The Morgan fingerprint density at radius 3 is 2.64 bits per heavy atom. The van der Waals surface area contributed by atoms with Crippen molar-refractivity contribution in [2.24, 2.45) is 0 Å². The second-order valence-corrected chi connectivity index (χ2v) is 2.60. The maximum atomic E-state index is 10.8. The third kappa shape index (κ3) is 2.81. The highest BCUT2D eigenvalue weighted by atomic mass is 35.5. The number of carbonyl (C=O) groups excluding carboxylic acids is 1. The largest absolute Gasteiger partial charge is 0.495 e. The minimum atomic E-state index is -0.153. The molecule has 1 amide bonds. The second kappa shape index (κ2) is 5.34. The number of nitrogen functional groups attached to an aromatic ring is 1. The molecule has 0 bridgehead atoms. The van der Waals surface area contributed by atoms with Gasteiger partial charge in [-0.05, 0) is 12.1 Å². The molecule has 78 valence electrons. The Morgan fingerprint density at radius 1 is 1.50 bits per heavy atom. The number of rotatable bonds is 2. The molecule has 0 aliphatic rings. The van der Waals surface area contributed by atoms with Crippen molar-refractivity contribution in [3.63, 3.8) is 0 Å². The summed E-state index contributed by atoms with van der Waals surface area (Å²) in [5.74, 6) is 0.409. The molecule has 5 heteroatoms. The van der Waals surface area contributed by atoms with Gasteiger partial charge in [0.2, 0.25) is 5.91 Å². The Hall–Kier alpha value is -1.42. The predicted molar refractivity (Wildman–Crippen MR) is 59.0 cm³/mol. The third-order valence-corrected chi connectivity index (χ3v) is 1.60. The Kier molecular flexibility index (Phi) is 4.80. The van der Waals surface area contributed by atoms with E-state index in [0.29, 0.717) is 17.1 Å². The number of para-hydroxylation sites is 1. The van der Waals surface area contributed by atoms with E-state index in [1.54, 1.807) is 18.2 Å². The van der Waals surface area contributed by atoms with Crippen molar-refractivity contribution >= 4 is 29.7 Å². The predicted octanol–water partition coefficient (Wildman–Crippen LogP) is 1.66. The number of ether oxygens (including phenoxy) is 1.